The molecule has 1 aromatic heterocycles. The van der Waals surface area contributed by atoms with E-state index in [0.717, 1.165) is 16.8 Å². The Morgan fingerprint density at radius 2 is 1.90 bits per heavy atom. The second kappa shape index (κ2) is 9.55. The minimum Gasteiger partial charge on any atom is -0.493 e. The molecule has 29 heavy (non-hydrogen) atoms. The zero-order valence-electron chi connectivity index (χ0n) is 16.0. The lowest BCUT2D eigenvalue weighted by Crippen LogP contribution is -2.11. The average Bonchev–Trinajstić information content (AvgIpc) is 3.22. The number of nitriles is 1. The van der Waals surface area contributed by atoms with Crippen LogP contribution in [0.15, 0.2) is 47.8 Å². The van der Waals surface area contributed by atoms with Gasteiger partial charge < -0.3 is 9.47 Å². The van der Waals surface area contributed by atoms with Crippen LogP contribution in [0.2, 0.25) is 5.02 Å². The molecule has 0 bridgehead atoms. The second-order valence-corrected chi connectivity index (χ2v) is 7.62. The quantitative estimate of drug-likeness (QED) is 0.489. The van der Waals surface area contributed by atoms with Crippen LogP contribution in [0.1, 0.15) is 22.9 Å². The number of benzene rings is 2. The Morgan fingerprint density at radius 3 is 2.55 bits per heavy atom. The van der Waals surface area contributed by atoms with Gasteiger partial charge >= 0.3 is 0 Å². The molecule has 0 saturated heterocycles. The molecule has 1 unspecified atom stereocenters. The van der Waals surface area contributed by atoms with Crippen LogP contribution in [0.4, 0.5) is 0 Å². The van der Waals surface area contributed by atoms with Gasteiger partial charge in [-0.15, -0.1) is 11.3 Å². The van der Waals surface area contributed by atoms with Crippen molar-refractivity contribution in [1.82, 2.24) is 4.98 Å². The van der Waals surface area contributed by atoms with E-state index in [1.807, 2.05) is 29.6 Å². The first kappa shape index (κ1) is 20.8. The van der Waals surface area contributed by atoms with E-state index in [1.165, 1.54) is 11.3 Å². The van der Waals surface area contributed by atoms with Gasteiger partial charge in [-0.3, -0.25) is 4.79 Å². The maximum Gasteiger partial charge on any atom is 0.160 e. The lowest BCUT2D eigenvalue weighted by atomic mass is 9.99. The van der Waals surface area contributed by atoms with Gasteiger partial charge in [-0.25, -0.2) is 4.98 Å². The van der Waals surface area contributed by atoms with Gasteiger partial charge in [0.05, 0.1) is 26.0 Å². The van der Waals surface area contributed by atoms with E-state index in [9.17, 15) is 10.1 Å². The minimum atomic E-state index is -0.874. The number of hydrogen-bond acceptors (Lipinski definition) is 6. The van der Waals surface area contributed by atoms with E-state index in [0.29, 0.717) is 28.0 Å². The largest absolute Gasteiger partial charge is 0.493 e. The molecule has 0 aliphatic carbocycles. The van der Waals surface area contributed by atoms with Gasteiger partial charge in [0, 0.05) is 22.4 Å². The maximum absolute atomic E-state index is 12.7. The number of halogens is 1. The average molecular weight is 427 g/mol. The summed E-state index contributed by atoms with van der Waals surface area (Å²) in [5.74, 6) is 0.220. The van der Waals surface area contributed by atoms with Crippen LogP contribution in [-0.2, 0) is 11.2 Å². The third kappa shape index (κ3) is 4.94. The van der Waals surface area contributed by atoms with E-state index < -0.39 is 5.92 Å². The van der Waals surface area contributed by atoms with Gasteiger partial charge in [0.2, 0.25) is 0 Å². The summed E-state index contributed by atoms with van der Waals surface area (Å²) in [5.41, 5.74) is 2.56. The number of rotatable bonds is 8. The highest BCUT2D eigenvalue weighted by atomic mass is 35.5. The minimum absolute atomic E-state index is 0.153. The summed E-state index contributed by atoms with van der Waals surface area (Å²) in [5, 5.41) is 12.6. The zero-order valence-corrected chi connectivity index (χ0v) is 17.6. The number of aryl methyl sites for hydroxylation is 1. The summed E-state index contributed by atoms with van der Waals surface area (Å²) in [6.07, 6.45) is 0.746. The van der Waals surface area contributed by atoms with Crippen molar-refractivity contribution in [2.45, 2.75) is 18.8 Å². The number of methoxy groups -OCH3 is 2. The Hall–Kier alpha value is -2.88. The molecule has 0 spiro atoms. The summed E-state index contributed by atoms with van der Waals surface area (Å²) < 4.78 is 10.5. The SMILES string of the molecule is COc1ccc(CCC(=O)C(C#N)c2nc(-c3ccc(Cl)cc3)cs2)cc1OC. The van der Waals surface area contributed by atoms with Crippen LogP contribution in [0, 0.1) is 11.3 Å². The number of nitrogens with zero attached hydrogens (tertiary/aromatic N) is 2. The van der Waals surface area contributed by atoms with Gasteiger partial charge in [0.15, 0.2) is 23.2 Å². The molecule has 0 amide bonds. The van der Waals surface area contributed by atoms with E-state index in [2.05, 4.69) is 11.1 Å². The van der Waals surface area contributed by atoms with Gasteiger partial charge in [-0.05, 0) is 36.2 Å². The Morgan fingerprint density at radius 1 is 1.17 bits per heavy atom. The molecule has 148 valence electrons. The Bertz CT molecular complexity index is 1040. The summed E-state index contributed by atoms with van der Waals surface area (Å²) in [4.78, 5) is 17.2. The number of thiazole rings is 1. The van der Waals surface area contributed by atoms with Gasteiger partial charge in [-0.1, -0.05) is 29.8 Å². The topological polar surface area (TPSA) is 72.2 Å². The number of aromatic nitrogens is 1. The van der Waals surface area contributed by atoms with Crippen molar-refractivity contribution >= 4 is 28.7 Å². The van der Waals surface area contributed by atoms with Crippen molar-refractivity contribution < 1.29 is 14.3 Å². The standard InChI is InChI=1S/C22H19ClN2O3S/c1-27-20-10-4-14(11-21(20)28-2)3-9-19(26)17(12-24)22-25-18(13-29-22)15-5-7-16(23)8-6-15/h4-8,10-11,13,17H,3,9H2,1-2H3. The number of ether oxygens (including phenoxy) is 2. The molecule has 0 fully saturated rings. The number of ketones is 1. The number of Topliss-reactive ketones (excluding diaryl/α,β-unsaturated/α-hetero) is 1. The third-order valence-electron chi connectivity index (χ3n) is 4.47. The molecule has 0 aliphatic rings. The van der Waals surface area contributed by atoms with Crippen molar-refractivity contribution in [1.29, 1.82) is 5.26 Å². The van der Waals surface area contributed by atoms with Crippen molar-refractivity contribution in [2.75, 3.05) is 14.2 Å². The Kier molecular flexibility index (Phi) is 6.86. The molecule has 0 aliphatic heterocycles. The van der Waals surface area contributed by atoms with Gasteiger partial charge in [0.25, 0.3) is 0 Å². The van der Waals surface area contributed by atoms with Crippen LogP contribution < -0.4 is 9.47 Å². The predicted molar refractivity (Wildman–Crippen MR) is 114 cm³/mol. The van der Waals surface area contributed by atoms with E-state index >= 15 is 0 Å². The fraction of sp³-hybridized carbons (Fsp3) is 0.227. The first-order valence-corrected chi connectivity index (χ1v) is 10.2. The number of carbonyl (C=O) groups is 1. The Labute approximate surface area is 178 Å². The molecule has 3 rings (SSSR count). The summed E-state index contributed by atoms with van der Waals surface area (Å²) >= 11 is 7.24. The summed E-state index contributed by atoms with van der Waals surface area (Å²) in [7, 11) is 3.14. The smallest absolute Gasteiger partial charge is 0.160 e. The van der Waals surface area contributed by atoms with E-state index in [1.54, 1.807) is 32.4 Å². The van der Waals surface area contributed by atoms with Crippen LogP contribution in [-0.4, -0.2) is 25.0 Å². The summed E-state index contributed by atoms with van der Waals surface area (Å²) in [6, 6.07) is 14.9. The lowest BCUT2D eigenvalue weighted by Gasteiger charge is -2.10. The zero-order chi connectivity index (χ0) is 20.8. The molecule has 0 saturated carbocycles. The van der Waals surface area contributed by atoms with Crippen LogP contribution in [0.5, 0.6) is 11.5 Å². The van der Waals surface area contributed by atoms with Crippen molar-refractivity contribution in [2.24, 2.45) is 0 Å². The highest BCUT2D eigenvalue weighted by molar-refractivity contribution is 7.10. The molecule has 5 nitrogen and oxygen atoms in total. The molecular weight excluding hydrogens is 408 g/mol. The highest BCUT2D eigenvalue weighted by Crippen LogP contribution is 2.30. The monoisotopic (exact) mass is 426 g/mol. The van der Waals surface area contributed by atoms with E-state index in [4.69, 9.17) is 21.1 Å². The maximum atomic E-state index is 12.7. The van der Waals surface area contributed by atoms with E-state index in [-0.39, 0.29) is 12.2 Å². The summed E-state index contributed by atoms with van der Waals surface area (Å²) in [6.45, 7) is 0. The first-order chi connectivity index (χ1) is 14.0. The fourth-order valence-corrected chi connectivity index (χ4v) is 3.90. The van der Waals surface area contributed by atoms with Crippen LogP contribution >= 0.6 is 22.9 Å². The van der Waals surface area contributed by atoms with Crippen molar-refractivity contribution in [3.8, 4) is 28.8 Å². The third-order valence-corrected chi connectivity index (χ3v) is 5.63. The highest BCUT2D eigenvalue weighted by Gasteiger charge is 2.23. The molecule has 7 heteroatoms. The number of hydrogen-bond donors (Lipinski definition) is 0. The molecule has 1 atom stereocenters. The number of carbonyl (C=O) groups excluding carboxylic acids is 1. The second-order valence-electron chi connectivity index (χ2n) is 6.30. The fourth-order valence-electron chi connectivity index (χ4n) is 2.89. The molecular formula is C22H19ClN2O3S. The molecule has 0 N–H and O–H groups in total. The molecule has 1 heterocycles. The normalized spacial score (nSPS) is 11.5. The molecule has 2 aromatic carbocycles. The van der Waals surface area contributed by atoms with Crippen LogP contribution in [0.3, 0.4) is 0 Å². The predicted octanol–water partition coefficient (Wildman–Crippen LogP) is 5.29. The lowest BCUT2D eigenvalue weighted by molar-refractivity contribution is -0.119. The van der Waals surface area contributed by atoms with Gasteiger partial charge in [-0.2, -0.15) is 5.26 Å². The van der Waals surface area contributed by atoms with Crippen molar-refractivity contribution in [3.05, 3.63) is 63.4 Å². The molecule has 0 radical (unpaired) electrons. The first-order valence-electron chi connectivity index (χ1n) is 8.90. The Balaban J connectivity index is 1.70. The molecule has 3 aromatic rings. The van der Waals surface area contributed by atoms with Crippen LogP contribution in [0.25, 0.3) is 11.3 Å². The van der Waals surface area contributed by atoms with Gasteiger partial charge in [0.1, 0.15) is 5.01 Å². The van der Waals surface area contributed by atoms with Crippen molar-refractivity contribution in [3.63, 3.8) is 0 Å².